The van der Waals surface area contributed by atoms with Gasteiger partial charge in [0, 0.05) is 39.1 Å². The molecule has 26 heavy (non-hydrogen) atoms. The fourth-order valence-corrected chi connectivity index (χ4v) is 3.03. The van der Waals surface area contributed by atoms with E-state index in [0.717, 1.165) is 30.8 Å². The van der Waals surface area contributed by atoms with E-state index in [1.54, 1.807) is 6.07 Å². The Hall–Kier alpha value is -2.16. The molecule has 1 saturated heterocycles. The molecule has 0 spiro atoms. The van der Waals surface area contributed by atoms with Crippen LogP contribution in [0.15, 0.2) is 18.2 Å². The Kier molecular flexibility index (Phi) is 6.43. The first-order chi connectivity index (χ1) is 12.6. The molecule has 0 aliphatic carbocycles. The van der Waals surface area contributed by atoms with Crippen LogP contribution in [-0.2, 0) is 20.7 Å². The van der Waals surface area contributed by atoms with Gasteiger partial charge in [0.25, 0.3) is 0 Å². The molecule has 142 valence electrons. The summed E-state index contributed by atoms with van der Waals surface area (Å²) >= 11 is 0. The number of benzene rings is 1. The lowest BCUT2D eigenvalue weighted by Gasteiger charge is -2.26. The van der Waals surface area contributed by atoms with Crippen molar-refractivity contribution in [3.63, 3.8) is 0 Å². The third-order valence-corrected chi connectivity index (χ3v) is 4.58. The first kappa shape index (κ1) is 18.6. The van der Waals surface area contributed by atoms with Gasteiger partial charge in [-0.2, -0.15) is 0 Å². The van der Waals surface area contributed by atoms with E-state index in [9.17, 15) is 14.7 Å². The van der Waals surface area contributed by atoms with Crippen LogP contribution in [-0.4, -0.2) is 74.4 Å². The molecule has 0 saturated carbocycles. The SMILES string of the molecule is O=C(NCCN1CCOCC1)C(=O)NCC(O)c1ccc2c(c1)CCO2. The van der Waals surface area contributed by atoms with E-state index >= 15 is 0 Å². The predicted octanol–water partition coefficient (Wildman–Crippen LogP) is -0.780. The summed E-state index contributed by atoms with van der Waals surface area (Å²) in [4.78, 5) is 25.9. The Labute approximate surface area is 152 Å². The topological polar surface area (TPSA) is 100 Å². The van der Waals surface area contributed by atoms with Crippen molar-refractivity contribution in [1.29, 1.82) is 0 Å². The van der Waals surface area contributed by atoms with Crippen LogP contribution < -0.4 is 15.4 Å². The Bertz CT molecular complexity index is 646. The maximum atomic E-state index is 11.9. The molecule has 1 aromatic rings. The lowest BCUT2D eigenvalue weighted by molar-refractivity contribution is -0.139. The van der Waals surface area contributed by atoms with Crippen molar-refractivity contribution < 1.29 is 24.2 Å². The van der Waals surface area contributed by atoms with Crippen molar-refractivity contribution in [1.82, 2.24) is 15.5 Å². The summed E-state index contributed by atoms with van der Waals surface area (Å²) in [5, 5.41) is 15.3. The first-order valence-corrected chi connectivity index (χ1v) is 8.93. The minimum absolute atomic E-state index is 0.0185. The standard InChI is InChI=1S/C18H25N3O5/c22-15(13-1-2-16-14(11-13)3-8-26-16)12-20-18(24)17(23)19-4-5-21-6-9-25-10-7-21/h1-2,11,15,22H,3-10,12H2,(H,19,23)(H,20,24). The molecule has 3 N–H and O–H groups in total. The molecule has 0 bridgehead atoms. The van der Waals surface area contributed by atoms with Crippen molar-refractivity contribution in [3.8, 4) is 5.75 Å². The molecule has 8 nitrogen and oxygen atoms in total. The maximum Gasteiger partial charge on any atom is 0.309 e. The lowest BCUT2D eigenvalue weighted by Crippen LogP contribution is -2.45. The van der Waals surface area contributed by atoms with Crippen molar-refractivity contribution in [3.05, 3.63) is 29.3 Å². The molecule has 1 aromatic carbocycles. The Morgan fingerprint density at radius 1 is 1.15 bits per heavy atom. The van der Waals surface area contributed by atoms with Crippen molar-refractivity contribution >= 4 is 11.8 Å². The van der Waals surface area contributed by atoms with Gasteiger partial charge in [0.15, 0.2) is 0 Å². The van der Waals surface area contributed by atoms with E-state index in [1.807, 2.05) is 12.1 Å². The van der Waals surface area contributed by atoms with Crippen molar-refractivity contribution in [2.24, 2.45) is 0 Å². The molecule has 1 unspecified atom stereocenters. The molecule has 1 atom stereocenters. The highest BCUT2D eigenvalue weighted by Gasteiger charge is 2.18. The van der Waals surface area contributed by atoms with E-state index in [1.165, 1.54) is 0 Å². The average Bonchev–Trinajstić information content (AvgIpc) is 3.14. The highest BCUT2D eigenvalue weighted by Crippen LogP contribution is 2.27. The number of carbonyl (C=O) groups excluding carboxylic acids is 2. The summed E-state index contributed by atoms with van der Waals surface area (Å²) in [6.07, 6.45) is -0.0561. The summed E-state index contributed by atoms with van der Waals surface area (Å²) in [5.74, 6) is -0.590. The third-order valence-electron chi connectivity index (χ3n) is 4.58. The normalized spacial score (nSPS) is 17.9. The molecule has 2 aliphatic heterocycles. The van der Waals surface area contributed by atoms with Gasteiger partial charge in [0.05, 0.1) is 25.9 Å². The Morgan fingerprint density at radius 2 is 1.92 bits per heavy atom. The van der Waals surface area contributed by atoms with Crippen molar-refractivity contribution in [2.75, 3.05) is 52.5 Å². The average molecular weight is 363 g/mol. The number of morpholine rings is 1. The number of carbonyl (C=O) groups is 2. The van der Waals surface area contributed by atoms with Gasteiger partial charge in [-0.3, -0.25) is 14.5 Å². The zero-order chi connectivity index (χ0) is 18.4. The van der Waals surface area contributed by atoms with E-state index in [4.69, 9.17) is 9.47 Å². The van der Waals surface area contributed by atoms with Gasteiger partial charge >= 0.3 is 11.8 Å². The van der Waals surface area contributed by atoms with Gasteiger partial charge < -0.3 is 25.2 Å². The van der Waals surface area contributed by atoms with E-state index in [-0.39, 0.29) is 6.54 Å². The summed E-state index contributed by atoms with van der Waals surface area (Å²) in [7, 11) is 0. The number of rotatable bonds is 6. The van der Waals surface area contributed by atoms with E-state index in [0.29, 0.717) is 38.5 Å². The molecule has 8 heteroatoms. The van der Waals surface area contributed by atoms with E-state index < -0.39 is 17.9 Å². The molecule has 2 heterocycles. The largest absolute Gasteiger partial charge is 0.493 e. The number of hydrogen-bond acceptors (Lipinski definition) is 6. The molecule has 3 rings (SSSR count). The summed E-state index contributed by atoms with van der Waals surface area (Å²) < 4.78 is 10.7. The molecule has 1 fully saturated rings. The predicted molar refractivity (Wildman–Crippen MR) is 93.9 cm³/mol. The lowest BCUT2D eigenvalue weighted by atomic mass is 10.0. The number of ether oxygens (including phenoxy) is 2. The van der Waals surface area contributed by atoms with E-state index in [2.05, 4.69) is 15.5 Å². The van der Waals surface area contributed by atoms with Gasteiger partial charge in [-0.05, 0) is 23.3 Å². The van der Waals surface area contributed by atoms with Gasteiger partial charge in [0.2, 0.25) is 0 Å². The number of nitrogens with one attached hydrogen (secondary N) is 2. The van der Waals surface area contributed by atoms with Crippen LogP contribution in [0.1, 0.15) is 17.2 Å². The second kappa shape index (κ2) is 8.98. The highest BCUT2D eigenvalue weighted by molar-refractivity contribution is 6.35. The Balaban J connectivity index is 1.37. The molecule has 2 aliphatic rings. The zero-order valence-corrected chi connectivity index (χ0v) is 14.7. The number of fused-ring (bicyclic) bond motifs is 1. The first-order valence-electron chi connectivity index (χ1n) is 8.93. The summed E-state index contributed by atoms with van der Waals surface area (Å²) in [6.45, 7) is 4.77. The van der Waals surface area contributed by atoms with Crippen LogP contribution in [0.5, 0.6) is 5.75 Å². The van der Waals surface area contributed by atoms with Crippen LogP contribution in [0.2, 0.25) is 0 Å². The number of nitrogens with zero attached hydrogens (tertiary/aromatic N) is 1. The van der Waals surface area contributed by atoms with Crippen LogP contribution in [0, 0.1) is 0 Å². The molecular formula is C18H25N3O5. The molecular weight excluding hydrogens is 338 g/mol. The molecule has 0 aromatic heterocycles. The smallest absolute Gasteiger partial charge is 0.309 e. The highest BCUT2D eigenvalue weighted by atomic mass is 16.5. The third kappa shape index (κ3) is 4.94. The fraction of sp³-hybridized carbons (Fsp3) is 0.556. The van der Waals surface area contributed by atoms with Crippen LogP contribution >= 0.6 is 0 Å². The van der Waals surface area contributed by atoms with Gasteiger partial charge in [-0.1, -0.05) is 6.07 Å². The van der Waals surface area contributed by atoms with Gasteiger partial charge in [-0.15, -0.1) is 0 Å². The summed E-state index contributed by atoms with van der Waals surface area (Å²) in [6, 6.07) is 5.46. The summed E-state index contributed by atoms with van der Waals surface area (Å²) in [5.41, 5.74) is 1.75. The monoisotopic (exact) mass is 363 g/mol. The number of hydrogen-bond donors (Lipinski definition) is 3. The van der Waals surface area contributed by atoms with Gasteiger partial charge in [-0.25, -0.2) is 0 Å². The zero-order valence-electron chi connectivity index (χ0n) is 14.7. The number of aliphatic hydroxyl groups excluding tert-OH is 1. The minimum atomic E-state index is -0.869. The second-order valence-corrected chi connectivity index (χ2v) is 6.40. The fourth-order valence-electron chi connectivity index (χ4n) is 3.03. The quantitative estimate of drug-likeness (QED) is 0.574. The minimum Gasteiger partial charge on any atom is -0.493 e. The van der Waals surface area contributed by atoms with Crippen LogP contribution in [0.4, 0.5) is 0 Å². The van der Waals surface area contributed by atoms with Crippen LogP contribution in [0.3, 0.4) is 0 Å². The van der Waals surface area contributed by atoms with Crippen LogP contribution in [0.25, 0.3) is 0 Å². The number of amides is 2. The Morgan fingerprint density at radius 3 is 2.73 bits per heavy atom. The molecule has 0 radical (unpaired) electrons. The van der Waals surface area contributed by atoms with Gasteiger partial charge in [0.1, 0.15) is 5.75 Å². The molecule has 2 amide bonds. The second-order valence-electron chi connectivity index (χ2n) is 6.40. The van der Waals surface area contributed by atoms with Crippen molar-refractivity contribution in [2.45, 2.75) is 12.5 Å². The number of aliphatic hydroxyl groups is 1. The maximum absolute atomic E-state index is 11.9.